The van der Waals surface area contributed by atoms with Crippen LogP contribution in [0.4, 0.5) is 0 Å². The minimum Gasteiger partial charge on any atom is -0.493 e. The SMILES string of the molecule is C[C@H](c1ccc(OCC23CCC(CC2)CC3)cc1)C(C)(C)O. The average Bonchev–Trinajstić information content (AvgIpc) is 2.54. The van der Waals surface area contributed by atoms with Crippen molar-refractivity contribution in [2.24, 2.45) is 11.3 Å². The van der Waals surface area contributed by atoms with Crippen molar-refractivity contribution in [2.75, 3.05) is 6.61 Å². The third-order valence-electron chi connectivity index (χ3n) is 6.23. The van der Waals surface area contributed by atoms with Crippen LogP contribution >= 0.6 is 0 Å². The van der Waals surface area contributed by atoms with Gasteiger partial charge in [0.1, 0.15) is 5.75 Å². The van der Waals surface area contributed by atoms with Gasteiger partial charge in [-0.15, -0.1) is 0 Å². The summed E-state index contributed by atoms with van der Waals surface area (Å²) in [7, 11) is 0. The van der Waals surface area contributed by atoms with Crippen molar-refractivity contribution >= 4 is 0 Å². The fourth-order valence-electron chi connectivity index (χ4n) is 4.05. The Kier molecular flexibility index (Phi) is 4.24. The number of rotatable bonds is 5. The molecule has 3 aliphatic rings. The topological polar surface area (TPSA) is 29.5 Å². The Morgan fingerprint density at radius 1 is 1.14 bits per heavy atom. The van der Waals surface area contributed by atoms with Gasteiger partial charge in [-0.2, -0.15) is 0 Å². The quantitative estimate of drug-likeness (QED) is 0.837. The number of ether oxygens (including phenoxy) is 1. The van der Waals surface area contributed by atoms with Crippen LogP contribution in [0.1, 0.15) is 70.8 Å². The first-order chi connectivity index (χ1) is 10.4. The van der Waals surface area contributed by atoms with Crippen molar-refractivity contribution in [3.8, 4) is 5.75 Å². The van der Waals surface area contributed by atoms with Gasteiger partial charge in [-0.05, 0) is 76.0 Å². The molecule has 3 fully saturated rings. The monoisotopic (exact) mass is 302 g/mol. The predicted octanol–water partition coefficient (Wildman–Crippen LogP) is 4.91. The summed E-state index contributed by atoms with van der Waals surface area (Å²) in [5.41, 5.74) is 0.923. The number of hydrogen-bond acceptors (Lipinski definition) is 2. The fraction of sp³-hybridized carbons (Fsp3) is 0.700. The molecule has 1 atom stereocenters. The molecule has 1 N–H and O–H groups in total. The summed E-state index contributed by atoms with van der Waals surface area (Å²) in [6, 6.07) is 8.30. The molecule has 0 saturated heterocycles. The van der Waals surface area contributed by atoms with Crippen LogP contribution in [0.2, 0.25) is 0 Å². The van der Waals surface area contributed by atoms with E-state index in [0.29, 0.717) is 5.41 Å². The minimum absolute atomic E-state index is 0.119. The molecule has 3 aliphatic carbocycles. The zero-order valence-electron chi connectivity index (χ0n) is 14.3. The van der Waals surface area contributed by atoms with Crippen LogP contribution in [-0.4, -0.2) is 17.3 Å². The Bertz CT molecular complexity index is 476. The van der Waals surface area contributed by atoms with Crippen LogP contribution in [0.25, 0.3) is 0 Å². The average molecular weight is 302 g/mol. The van der Waals surface area contributed by atoms with Crippen LogP contribution in [-0.2, 0) is 0 Å². The van der Waals surface area contributed by atoms with Crippen molar-refractivity contribution < 1.29 is 9.84 Å². The lowest BCUT2D eigenvalue weighted by atomic mass is 9.61. The number of hydrogen-bond donors (Lipinski definition) is 1. The highest BCUT2D eigenvalue weighted by atomic mass is 16.5. The molecule has 2 heteroatoms. The van der Waals surface area contributed by atoms with E-state index in [1.807, 2.05) is 13.8 Å². The van der Waals surface area contributed by atoms with E-state index in [4.69, 9.17) is 4.74 Å². The van der Waals surface area contributed by atoms with Crippen LogP contribution in [0.3, 0.4) is 0 Å². The lowest BCUT2D eigenvalue weighted by Crippen LogP contribution is -2.38. The van der Waals surface area contributed by atoms with Crippen molar-refractivity contribution in [2.45, 2.75) is 70.8 Å². The van der Waals surface area contributed by atoms with Gasteiger partial charge in [-0.25, -0.2) is 0 Å². The Morgan fingerprint density at radius 2 is 1.68 bits per heavy atom. The second-order valence-electron chi connectivity index (χ2n) is 8.22. The summed E-state index contributed by atoms with van der Waals surface area (Å²) in [5.74, 6) is 2.09. The van der Waals surface area contributed by atoms with Crippen molar-refractivity contribution in [1.82, 2.24) is 0 Å². The van der Waals surface area contributed by atoms with Gasteiger partial charge < -0.3 is 9.84 Å². The summed E-state index contributed by atoms with van der Waals surface area (Å²) < 4.78 is 6.12. The first kappa shape index (κ1) is 15.9. The fourth-order valence-corrected chi connectivity index (χ4v) is 4.05. The molecule has 4 rings (SSSR count). The van der Waals surface area contributed by atoms with Crippen LogP contribution in [0.15, 0.2) is 24.3 Å². The van der Waals surface area contributed by atoms with Gasteiger partial charge in [0.05, 0.1) is 12.2 Å². The molecule has 0 radical (unpaired) electrons. The van der Waals surface area contributed by atoms with E-state index in [1.54, 1.807) is 0 Å². The van der Waals surface area contributed by atoms with Crippen LogP contribution in [0.5, 0.6) is 5.75 Å². The largest absolute Gasteiger partial charge is 0.493 e. The number of fused-ring (bicyclic) bond motifs is 3. The van der Waals surface area contributed by atoms with Gasteiger partial charge >= 0.3 is 0 Å². The highest BCUT2D eigenvalue weighted by molar-refractivity contribution is 5.30. The normalized spacial score (nSPS) is 29.4. The Balaban J connectivity index is 1.59. The lowest BCUT2D eigenvalue weighted by Gasteiger charge is -2.46. The predicted molar refractivity (Wildman–Crippen MR) is 90.3 cm³/mol. The van der Waals surface area contributed by atoms with Gasteiger partial charge in [0, 0.05) is 11.3 Å². The van der Waals surface area contributed by atoms with E-state index in [0.717, 1.165) is 23.8 Å². The standard InChI is InChI=1S/C20H30O2/c1-15(19(2,3)21)17-4-6-18(7-5-17)22-14-20-11-8-16(9-12-20)10-13-20/h4-7,15-16,21H,8-14H2,1-3H3/t15-,16?,20?/m1/s1. The number of aliphatic hydroxyl groups is 1. The maximum atomic E-state index is 10.1. The maximum absolute atomic E-state index is 10.1. The summed E-state index contributed by atoms with van der Waals surface area (Å²) >= 11 is 0. The summed E-state index contributed by atoms with van der Waals surface area (Å²) in [5, 5.41) is 10.1. The zero-order valence-corrected chi connectivity index (χ0v) is 14.3. The van der Waals surface area contributed by atoms with Gasteiger partial charge in [-0.3, -0.25) is 0 Å². The number of benzene rings is 1. The van der Waals surface area contributed by atoms with E-state index >= 15 is 0 Å². The lowest BCUT2D eigenvalue weighted by molar-refractivity contribution is 0.0191. The first-order valence-corrected chi connectivity index (χ1v) is 8.83. The molecular weight excluding hydrogens is 272 g/mol. The highest BCUT2D eigenvalue weighted by Crippen LogP contribution is 2.50. The van der Waals surface area contributed by atoms with E-state index in [2.05, 4.69) is 31.2 Å². The maximum Gasteiger partial charge on any atom is 0.119 e. The molecule has 0 unspecified atom stereocenters. The second-order valence-corrected chi connectivity index (χ2v) is 8.22. The van der Waals surface area contributed by atoms with Gasteiger partial charge in [0.15, 0.2) is 0 Å². The molecule has 22 heavy (non-hydrogen) atoms. The molecule has 0 aliphatic heterocycles. The second kappa shape index (κ2) is 5.88. The van der Waals surface area contributed by atoms with Crippen LogP contribution < -0.4 is 4.74 Å². The third-order valence-corrected chi connectivity index (χ3v) is 6.23. The van der Waals surface area contributed by atoms with E-state index in [9.17, 15) is 5.11 Å². The van der Waals surface area contributed by atoms with Gasteiger partial charge in [0.2, 0.25) is 0 Å². The molecule has 2 bridgehead atoms. The van der Waals surface area contributed by atoms with Gasteiger partial charge in [0.25, 0.3) is 0 Å². The molecule has 0 heterocycles. The highest BCUT2D eigenvalue weighted by Gasteiger charge is 2.40. The van der Waals surface area contributed by atoms with Crippen LogP contribution in [0, 0.1) is 11.3 Å². The van der Waals surface area contributed by atoms with Crippen molar-refractivity contribution in [3.63, 3.8) is 0 Å². The van der Waals surface area contributed by atoms with Crippen molar-refractivity contribution in [3.05, 3.63) is 29.8 Å². The molecule has 122 valence electrons. The molecule has 0 aromatic heterocycles. The van der Waals surface area contributed by atoms with E-state index < -0.39 is 5.60 Å². The van der Waals surface area contributed by atoms with Crippen molar-refractivity contribution in [1.29, 1.82) is 0 Å². The summed E-state index contributed by atoms with van der Waals surface area (Å²) in [4.78, 5) is 0. The third kappa shape index (κ3) is 3.32. The molecule has 2 nitrogen and oxygen atoms in total. The van der Waals surface area contributed by atoms with E-state index in [-0.39, 0.29) is 5.92 Å². The van der Waals surface area contributed by atoms with Gasteiger partial charge in [-0.1, -0.05) is 19.1 Å². The molecule has 1 aromatic rings. The molecule has 0 spiro atoms. The smallest absolute Gasteiger partial charge is 0.119 e. The summed E-state index contributed by atoms with van der Waals surface area (Å²) in [6.45, 7) is 6.66. The Hall–Kier alpha value is -1.02. The Morgan fingerprint density at radius 3 is 2.18 bits per heavy atom. The zero-order chi connectivity index (χ0) is 15.8. The first-order valence-electron chi connectivity index (χ1n) is 8.83. The summed E-state index contributed by atoms with van der Waals surface area (Å²) in [6.07, 6.45) is 8.28. The minimum atomic E-state index is -0.692. The van der Waals surface area contributed by atoms with E-state index in [1.165, 1.54) is 38.5 Å². The molecular formula is C20H30O2. The Labute approximate surface area is 134 Å². The molecule has 3 saturated carbocycles. The molecule has 0 amide bonds. The molecule has 1 aromatic carbocycles.